The highest BCUT2D eigenvalue weighted by Gasteiger charge is 2.16. The van der Waals surface area contributed by atoms with E-state index in [-0.39, 0.29) is 17.1 Å². The molecule has 0 saturated carbocycles. The average Bonchev–Trinajstić information content (AvgIpc) is 2.50. The van der Waals surface area contributed by atoms with Crippen LogP contribution in [-0.2, 0) is 0 Å². The molecule has 0 N–H and O–H groups in total. The standard InChI is InChI=1S/C15H10FN3O3/c1-9-12(19(20)21)6-3-7-13(9)22-15-10-4-2-5-11(16)14(10)17-8-18-15/h2-8H,1H3. The molecule has 6 nitrogen and oxygen atoms in total. The van der Waals surface area contributed by atoms with Crippen molar-refractivity contribution in [2.45, 2.75) is 6.92 Å². The van der Waals surface area contributed by atoms with Crippen molar-refractivity contribution in [3.63, 3.8) is 0 Å². The summed E-state index contributed by atoms with van der Waals surface area (Å²) in [6.07, 6.45) is 1.19. The summed E-state index contributed by atoms with van der Waals surface area (Å²) in [7, 11) is 0. The molecule has 0 aliphatic heterocycles. The Bertz CT molecular complexity index is 883. The van der Waals surface area contributed by atoms with E-state index in [1.54, 1.807) is 19.1 Å². The lowest BCUT2D eigenvalue weighted by Gasteiger charge is -2.09. The van der Waals surface area contributed by atoms with Gasteiger partial charge in [0.05, 0.1) is 15.9 Å². The Hall–Kier alpha value is -3.09. The van der Waals surface area contributed by atoms with Gasteiger partial charge in [-0.1, -0.05) is 12.1 Å². The van der Waals surface area contributed by atoms with Gasteiger partial charge in [-0.05, 0) is 25.1 Å². The van der Waals surface area contributed by atoms with Gasteiger partial charge in [0.2, 0.25) is 5.88 Å². The summed E-state index contributed by atoms with van der Waals surface area (Å²) < 4.78 is 19.4. The monoisotopic (exact) mass is 299 g/mol. The molecule has 0 saturated heterocycles. The number of aromatic nitrogens is 2. The van der Waals surface area contributed by atoms with Crippen LogP contribution in [0.15, 0.2) is 42.7 Å². The first-order valence-electron chi connectivity index (χ1n) is 6.39. The fourth-order valence-corrected chi connectivity index (χ4v) is 2.12. The Labute approximate surface area is 124 Å². The second-order valence-electron chi connectivity index (χ2n) is 4.57. The Morgan fingerprint density at radius 3 is 2.73 bits per heavy atom. The van der Waals surface area contributed by atoms with Crippen LogP contribution in [0.3, 0.4) is 0 Å². The Balaban J connectivity index is 2.10. The lowest BCUT2D eigenvalue weighted by atomic mass is 10.2. The molecule has 22 heavy (non-hydrogen) atoms. The Kier molecular flexibility index (Phi) is 3.38. The first-order chi connectivity index (χ1) is 10.6. The van der Waals surface area contributed by atoms with Gasteiger partial charge in [-0.3, -0.25) is 10.1 Å². The smallest absolute Gasteiger partial charge is 0.276 e. The first kappa shape index (κ1) is 13.9. The number of nitro benzene ring substituents is 1. The highest BCUT2D eigenvalue weighted by Crippen LogP contribution is 2.33. The van der Waals surface area contributed by atoms with E-state index < -0.39 is 10.7 Å². The van der Waals surface area contributed by atoms with Crippen molar-refractivity contribution in [2.24, 2.45) is 0 Å². The molecular weight excluding hydrogens is 289 g/mol. The van der Waals surface area contributed by atoms with Gasteiger partial charge in [0, 0.05) is 6.07 Å². The number of nitro groups is 1. The molecular formula is C15H10FN3O3. The lowest BCUT2D eigenvalue weighted by Crippen LogP contribution is -1.97. The largest absolute Gasteiger partial charge is 0.438 e. The van der Waals surface area contributed by atoms with Gasteiger partial charge in [0.1, 0.15) is 23.4 Å². The normalized spacial score (nSPS) is 10.6. The van der Waals surface area contributed by atoms with Gasteiger partial charge in [0.15, 0.2) is 0 Å². The van der Waals surface area contributed by atoms with Gasteiger partial charge in [-0.15, -0.1) is 0 Å². The van der Waals surface area contributed by atoms with Gasteiger partial charge in [-0.25, -0.2) is 14.4 Å². The second-order valence-corrected chi connectivity index (χ2v) is 4.57. The number of halogens is 1. The molecule has 3 rings (SSSR count). The molecule has 0 fully saturated rings. The van der Waals surface area contributed by atoms with Crippen molar-refractivity contribution in [2.75, 3.05) is 0 Å². The minimum atomic E-state index is -0.486. The Morgan fingerprint density at radius 2 is 1.95 bits per heavy atom. The van der Waals surface area contributed by atoms with Gasteiger partial charge in [-0.2, -0.15) is 0 Å². The molecule has 110 valence electrons. The van der Waals surface area contributed by atoms with Crippen LogP contribution in [0.5, 0.6) is 11.6 Å². The topological polar surface area (TPSA) is 78.2 Å². The molecule has 1 aromatic heterocycles. The predicted octanol–water partition coefficient (Wildman–Crippen LogP) is 3.78. The van der Waals surface area contributed by atoms with Crippen LogP contribution < -0.4 is 4.74 Å². The van der Waals surface area contributed by atoms with Crippen molar-refractivity contribution in [1.82, 2.24) is 9.97 Å². The Morgan fingerprint density at radius 1 is 1.18 bits per heavy atom. The molecule has 3 aromatic rings. The molecule has 0 amide bonds. The van der Waals surface area contributed by atoms with Crippen LogP contribution in [0.25, 0.3) is 10.9 Å². The number of fused-ring (bicyclic) bond motifs is 1. The summed E-state index contributed by atoms with van der Waals surface area (Å²) >= 11 is 0. The van der Waals surface area contributed by atoms with E-state index in [2.05, 4.69) is 9.97 Å². The highest BCUT2D eigenvalue weighted by atomic mass is 19.1. The summed E-state index contributed by atoms with van der Waals surface area (Å²) in [4.78, 5) is 18.3. The van der Waals surface area contributed by atoms with E-state index in [1.165, 1.54) is 30.6 Å². The summed E-state index contributed by atoms with van der Waals surface area (Å²) in [5.74, 6) is -0.0490. The van der Waals surface area contributed by atoms with E-state index in [1.807, 2.05) is 0 Å². The van der Waals surface area contributed by atoms with E-state index in [4.69, 9.17) is 4.74 Å². The van der Waals surface area contributed by atoms with E-state index in [0.717, 1.165) is 0 Å². The molecule has 7 heteroatoms. The number of benzene rings is 2. The van der Waals surface area contributed by atoms with Gasteiger partial charge < -0.3 is 4.74 Å². The number of rotatable bonds is 3. The molecule has 0 radical (unpaired) electrons. The highest BCUT2D eigenvalue weighted by molar-refractivity contribution is 5.83. The number of hydrogen-bond donors (Lipinski definition) is 0. The maximum Gasteiger partial charge on any atom is 0.276 e. The third-order valence-corrected chi connectivity index (χ3v) is 3.24. The predicted molar refractivity (Wildman–Crippen MR) is 77.4 cm³/mol. The number of hydrogen-bond acceptors (Lipinski definition) is 5. The zero-order valence-corrected chi connectivity index (χ0v) is 11.5. The van der Waals surface area contributed by atoms with Crippen LogP contribution in [0.1, 0.15) is 5.56 Å². The van der Waals surface area contributed by atoms with Crippen molar-refractivity contribution < 1.29 is 14.1 Å². The molecule has 0 bridgehead atoms. The third-order valence-electron chi connectivity index (χ3n) is 3.24. The van der Waals surface area contributed by atoms with Crippen LogP contribution in [0.2, 0.25) is 0 Å². The molecule has 0 atom stereocenters. The van der Waals surface area contributed by atoms with E-state index in [0.29, 0.717) is 16.7 Å². The van der Waals surface area contributed by atoms with Crippen LogP contribution >= 0.6 is 0 Å². The second kappa shape index (κ2) is 5.36. The van der Waals surface area contributed by atoms with E-state index in [9.17, 15) is 14.5 Å². The van der Waals surface area contributed by atoms with Crippen LogP contribution in [-0.4, -0.2) is 14.9 Å². The number of para-hydroxylation sites is 1. The van der Waals surface area contributed by atoms with E-state index >= 15 is 0 Å². The van der Waals surface area contributed by atoms with Gasteiger partial charge >= 0.3 is 0 Å². The molecule has 0 aliphatic rings. The molecule has 2 aromatic carbocycles. The first-order valence-corrected chi connectivity index (χ1v) is 6.39. The SMILES string of the molecule is Cc1c(Oc2ncnc3c(F)cccc23)cccc1[N+](=O)[O-]. The number of nitrogens with zero attached hydrogens (tertiary/aromatic N) is 3. The van der Waals surface area contributed by atoms with Crippen molar-refractivity contribution in [3.05, 3.63) is 64.2 Å². The molecule has 1 heterocycles. The summed E-state index contributed by atoms with van der Waals surface area (Å²) in [6, 6.07) is 8.94. The summed E-state index contributed by atoms with van der Waals surface area (Å²) in [5, 5.41) is 11.4. The average molecular weight is 299 g/mol. The van der Waals surface area contributed by atoms with Gasteiger partial charge in [0.25, 0.3) is 5.69 Å². The maximum atomic E-state index is 13.7. The zero-order valence-electron chi connectivity index (χ0n) is 11.5. The third kappa shape index (κ3) is 2.32. The fraction of sp³-hybridized carbons (Fsp3) is 0.0667. The molecule has 0 unspecified atom stereocenters. The van der Waals surface area contributed by atoms with Crippen molar-refractivity contribution in [3.8, 4) is 11.6 Å². The summed E-state index contributed by atoms with van der Waals surface area (Å²) in [5.41, 5.74) is 0.452. The van der Waals surface area contributed by atoms with Crippen LogP contribution in [0, 0.1) is 22.9 Å². The van der Waals surface area contributed by atoms with Crippen molar-refractivity contribution >= 4 is 16.6 Å². The lowest BCUT2D eigenvalue weighted by molar-refractivity contribution is -0.385. The minimum Gasteiger partial charge on any atom is -0.438 e. The fourth-order valence-electron chi connectivity index (χ4n) is 2.12. The number of ether oxygens (including phenoxy) is 1. The molecule has 0 spiro atoms. The summed E-state index contributed by atoms with van der Waals surface area (Å²) in [6.45, 7) is 1.58. The molecule has 0 aliphatic carbocycles. The minimum absolute atomic E-state index is 0.0537. The van der Waals surface area contributed by atoms with Crippen LogP contribution in [0.4, 0.5) is 10.1 Å². The quantitative estimate of drug-likeness (QED) is 0.543. The maximum absolute atomic E-state index is 13.7. The zero-order chi connectivity index (χ0) is 15.7. The van der Waals surface area contributed by atoms with Crippen molar-refractivity contribution in [1.29, 1.82) is 0 Å².